The second-order valence-corrected chi connectivity index (χ2v) is 8.57. The van der Waals surface area contributed by atoms with E-state index in [0.29, 0.717) is 25.0 Å². The van der Waals surface area contributed by atoms with Crippen molar-refractivity contribution < 1.29 is 23.9 Å². The standard InChI is InChI=1S/C22H33N3O5S/c1-15(2)12-18(24-20(27)17(23-14-26)10-11-31-4)21(28)25-19(22(29)30-3)13-16-8-6-5-7-9-16/h5-9,14-15,17-19H,10-13H2,1-4H3,(H,23,26)(H,24,27)(H,25,28)/t17-,18-,19-/m1/s1. The van der Waals surface area contributed by atoms with Crippen LogP contribution in [0.1, 0.15) is 32.3 Å². The van der Waals surface area contributed by atoms with Gasteiger partial charge in [-0.25, -0.2) is 4.79 Å². The summed E-state index contributed by atoms with van der Waals surface area (Å²) in [6.45, 7) is 3.87. The largest absolute Gasteiger partial charge is 0.467 e. The molecule has 1 aromatic rings. The SMILES string of the molecule is COC(=O)[C@@H](Cc1ccccc1)NC(=O)[C@@H](CC(C)C)NC(=O)[C@@H](CCSC)NC=O. The number of hydrogen-bond acceptors (Lipinski definition) is 6. The van der Waals surface area contributed by atoms with Gasteiger partial charge < -0.3 is 20.7 Å². The fraction of sp³-hybridized carbons (Fsp3) is 0.545. The van der Waals surface area contributed by atoms with E-state index in [4.69, 9.17) is 4.74 Å². The van der Waals surface area contributed by atoms with E-state index in [2.05, 4.69) is 16.0 Å². The number of thioether (sulfide) groups is 1. The molecule has 3 amide bonds. The molecule has 0 aromatic heterocycles. The lowest BCUT2D eigenvalue weighted by Crippen LogP contribution is -2.56. The third kappa shape index (κ3) is 9.87. The molecule has 0 bridgehead atoms. The Hall–Kier alpha value is -2.55. The maximum Gasteiger partial charge on any atom is 0.328 e. The minimum Gasteiger partial charge on any atom is -0.467 e. The normalized spacial score (nSPS) is 13.6. The van der Waals surface area contributed by atoms with Gasteiger partial charge in [-0.2, -0.15) is 11.8 Å². The van der Waals surface area contributed by atoms with Gasteiger partial charge >= 0.3 is 5.97 Å². The molecule has 0 unspecified atom stereocenters. The van der Waals surface area contributed by atoms with Gasteiger partial charge in [0.05, 0.1) is 7.11 Å². The minimum atomic E-state index is -0.883. The molecule has 172 valence electrons. The highest BCUT2D eigenvalue weighted by Gasteiger charge is 2.29. The summed E-state index contributed by atoms with van der Waals surface area (Å²) >= 11 is 1.56. The van der Waals surface area contributed by atoms with Crippen LogP contribution >= 0.6 is 11.8 Å². The average Bonchev–Trinajstić information content (AvgIpc) is 2.75. The third-order valence-electron chi connectivity index (χ3n) is 4.62. The van der Waals surface area contributed by atoms with Crippen LogP contribution in [0.4, 0.5) is 0 Å². The molecule has 0 radical (unpaired) electrons. The number of esters is 1. The van der Waals surface area contributed by atoms with Gasteiger partial charge in [-0.3, -0.25) is 14.4 Å². The van der Waals surface area contributed by atoms with Crippen LogP contribution in [-0.2, 0) is 30.3 Å². The molecule has 0 aliphatic carbocycles. The molecule has 0 saturated carbocycles. The van der Waals surface area contributed by atoms with Crippen LogP contribution in [0, 0.1) is 5.92 Å². The Kier molecular flexibility index (Phi) is 12.3. The quantitative estimate of drug-likeness (QED) is 0.290. The van der Waals surface area contributed by atoms with Crippen molar-refractivity contribution >= 4 is 36.0 Å². The van der Waals surface area contributed by atoms with Crippen molar-refractivity contribution in [1.29, 1.82) is 0 Å². The molecule has 8 nitrogen and oxygen atoms in total. The van der Waals surface area contributed by atoms with E-state index in [1.807, 2.05) is 50.4 Å². The first-order chi connectivity index (χ1) is 14.8. The van der Waals surface area contributed by atoms with E-state index in [0.717, 1.165) is 5.56 Å². The van der Waals surface area contributed by atoms with Crippen molar-refractivity contribution in [3.05, 3.63) is 35.9 Å². The topological polar surface area (TPSA) is 114 Å². The number of amides is 3. The summed E-state index contributed by atoms with van der Waals surface area (Å²) in [4.78, 5) is 48.8. The first-order valence-electron chi connectivity index (χ1n) is 10.2. The van der Waals surface area contributed by atoms with Gasteiger partial charge in [0.15, 0.2) is 0 Å². The number of nitrogens with one attached hydrogen (secondary N) is 3. The highest BCUT2D eigenvalue weighted by atomic mass is 32.2. The van der Waals surface area contributed by atoms with Gasteiger partial charge in [-0.1, -0.05) is 44.2 Å². The van der Waals surface area contributed by atoms with E-state index < -0.39 is 35.9 Å². The predicted octanol–water partition coefficient (Wildman–Crippen LogP) is 1.29. The molecule has 1 aromatic carbocycles. The number of carbonyl (C=O) groups is 4. The summed E-state index contributed by atoms with van der Waals surface area (Å²) in [5.74, 6) is -0.665. The van der Waals surface area contributed by atoms with Crippen LogP contribution in [0.5, 0.6) is 0 Å². The first-order valence-corrected chi connectivity index (χ1v) is 11.6. The van der Waals surface area contributed by atoms with Crippen molar-refractivity contribution in [3.8, 4) is 0 Å². The summed E-state index contributed by atoms with van der Waals surface area (Å²) in [6, 6.07) is 6.82. The van der Waals surface area contributed by atoms with E-state index in [-0.39, 0.29) is 12.3 Å². The van der Waals surface area contributed by atoms with Crippen molar-refractivity contribution in [2.24, 2.45) is 5.92 Å². The number of ether oxygens (including phenoxy) is 1. The fourth-order valence-electron chi connectivity index (χ4n) is 3.04. The monoisotopic (exact) mass is 451 g/mol. The molecule has 9 heteroatoms. The summed E-state index contributed by atoms with van der Waals surface area (Å²) in [6.07, 6.45) is 3.48. The molecule has 3 N–H and O–H groups in total. The Morgan fingerprint density at radius 3 is 2.19 bits per heavy atom. The molecular formula is C22H33N3O5S. The molecule has 31 heavy (non-hydrogen) atoms. The molecule has 3 atom stereocenters. The minimum absolute atomic E-state index is 0.116. The van der Waals surface area contributed by atoms with Gasteiger partial charge in [-0.05, 0) is 36.3 Å². The van der Waals surface area contributed by atoms with Crippen LogP contribution in [0.3, 0.4) is 0 Å². The lowest BCUT2D eigenvalue weighted by atomic mass is 10.0. The van der Waals surface area contributed by atoms with Crippen molar-refractivity contribution in [1.82, 2.24) is 16.0 Å². The number of rotatable bonds is 14. The molecule has 1 rings (SSSR count). The summed E-state index contributed by atoms with van der Waals surface area (Å²) in [5, 5.41) is 7.96. The van der Waals surface area contributed by atoms with Crippen molar-refractivity contribution in [3.63, 3.8) is 0 Å². The predicted molar refractivity (Wildman–Crippen MR) is 121 cm³/mol. The molecule has 0 aliphatic heterocycles. The van der Waals surface area contributed by atoms with Gasteiger partial charge in [0.25, 0.3) is 0 Å². The third-order valence-corrected chi connectivity index (χ3v) is 5.27. The van der Waals surface area contributed by atoms with Crippen molar-refractivity contribution in [2.75, 3.05) is 19.1 Å². The Bertz CT molecular complexity index is 714. The van der Waals surface area contributed by atoms with Gasteiger partial charge in [0.1, 0.15) is 18.1 Å². The highest BCUT2D eigenvalue weighted by molar-refractivity contribution is 7.98. The first kappa shape index (κ1) is 26.5. The Morgan fingerprint density at radius 1 is 1.03 bits per heavy atom. The smallest absolute Gasteiger partial charge is 0.328 e. The molecular weight excluding hydrogens is 418 g/mol. The molecule has 0 spiro atoms. The number of methoxy groups -OCH3 is 1. The maximum atomic E-state index is 13.0. The Morgan fingerprint density at radius 2 is 1.65 bits per heavy atom. The van der Waals surface area contributed by atoms with Crippen LogP contribution in [0.25, 0.3) is 0 Å². The van der Waals surface area contributed by atoms with Crippen LogP contribution in [-0.4, -0.2) is 61.4 Å². The lowest BCUT2D eigenvalue weighted by Gasteiger charge is -2.25. The molecule has 0 fully saturated rings. The van der Waals surface area contributed by atoms with E-state index in [1.54, 1.807) is 11.8 Å². The summed E-state index contributed by atoms with van der Waals surface area (Å²) < 4.78 is 4.85. The molecule has 0 saturated heterocycles. The zero-order valence-electron chi connectivity index (χ0n) is 18.6. The van der Waals surface area contributed by atoms with Crippen LogP contribution < -0.4 is 16.0 Å². The molecule has 0 heterocycles. The van der Waals surface area contributed by atoms with Gasteiger partial charge in [-0.15, -0.1) is 0 Å². The summed E-state index contributed by atoms with van der Waals surface area (Å²) in [5.41, 5.74) is 0.870. The Balaban J connectivity index is 2.93. The van der Waals surface area contributed by atoms with Crippen molar-refractivity contribution in [2.45, 2.75) is 51.2 Å². The second-order valence-electron chi connectivity index (χ2n) is 7.58. The zero-order chi connectivity index (χ0) is 23.2. The second kappa shape index (κ2) is 14.5. The fourth-order valence-corrected chi connectivity index (χ4v) is 3.51. The zero-order valence-corrected chi connectivity index (χ0v) is 19.4. The van der Waals surface area contributed by atoms with Gasteiger partial charge in [0.2, 0.25) is 18.2 Å². The number of carbonyl (C=O) groups excluding carboxylic acids is 4. The average molecular weight is 452 g/mol. The molecule has 0 aliphatic rings. The van der Waals surface area contributed by atoms with Crippen LogP contribution in [0.15, 0.2) is 30.3 Å². The summed E-state index contributed by atoms with van der Waals surface area (Å²) in [7, 11) is 1.27. The van der Waals surface area contributed by atoms with E-state index >= 15 is 0 Å². The van der Waals surface area contributed by atoms with E-state index in [1.165, 1.54) is 7.11 Å². The number of benzene rings is 1. The van der Waals surface area contributed by atoms with E-state index in [9.17, 15) is 19.2 Å². The maximum absolute atomic E-state index is 13.0. The number of hydrogen-bond donors (Lipinski definition) is 3. The van der Waals surface area contributed by atoms with Gasteiger partial charge in [0, 0.05) is 6.42 Å². The lowest BCUT2D eigenvalue weighted by molar-refractivity contribution is -0.145. The highest BCUT2D eigenvalue weighted by Crippen LogP contribution is 2.09. The van der Waals surface area contributed by atoms with Crippen LogP contribution in [0.2, 0.25) is 0 Å². The Labute approximate surface area is 188 Å².